The third-order valence-electron chi connectivity index (χ3n) is 7.82. The van der Waals surface area contributed by atoms with Crippen molar-refractivity contribution in [2.75, 3.05) is 19.0 Å². The molecule has 5 rings (SSSR count). The molecule has 1 saturated carbocycles. The number of likely N-dealkylation sites (tertiary alicyclic amines) is 1. The lowest BCUT2D eigenvalue weighted by atomic mass is 9.68. The Morgan fingerprint density at radius 1 is 1.00 bits per heavy atom. The molecule has 1 N–H and O–H groups in total. The van der Waals surface area contributed by atoms with Crippen LogP contribution in [0.1, 0.15) is 71.3 Å². The summed E-state index contributed by atoms with van der Waals surface area (Å²) in [5.74, 6) is 0.847. The van der Waals surface area contributed by atoms with Crippen molar-refractivity contribution in [2.24, 2.45) is 0 Å². The lowest BCUT2D eigenvalue weighted by molar-refractivity contribution is -0.143. The van der Waals surface area contributed by atoms with Crippen molar-refractivity contribution in [1.82, 2.24) is 19.7 Å². The molecule has 0 spiro atoms. The lowest BCUT2D eigenvalue weighted by Gasteiger charge is -2.40. The van der Waals surface area contributed by atoms with Gasteiger partial charge in [-0.15, -0.1) is 0 Å². The van der Waals surface area contributed by atoms with Gasteiger partial charge in [0.15, 0.2) is 0 Å². The molecule has 40 heavy (non-hydrogen) atoms. The van der Waals surface area contributed by atoms with Crippen molar-refractivity contribution in [3.8, 4) is 5.75 Å². The third kappa shape index (κ3) is 5.39. The van der Waals surface area contributed by atoms with Gasteiger partial charge in [-0.25, -0.2) is 9.78 Å². The fourth-order valence-electron chi connectivity index (χ4n) is 5.89. The van der Waals surface area contributed by atoms with E-state index in [1.165, 1.54) is 6.20 Å². The highest BCUT2D eigenvalue weighted by Gasteiger charge is 2.47. The van der Waals surface area contributed by atoms with Crippen molar-refractivity contribution >= 4 is 34.8 Å². The Balaban J connectivity index is 1.34. The van der Waals surface area contributed by atoms with Gasteiger partial charge in [0.1, 0.15) is 28.7 Å². The van der Waals surface area contributed by atoms with Crippen LogP contribution in [0.25, 0.3) is 11.0 Å². The average Bonchev–Trinajstić information content (AvgIpc) is 3.60. The zero-order chi connectivity index (χ0) is 28.5. The van der Waals surface area contributed by atoms with Crippen LogP contribution >= 0.6 is 0 Å². The molecule has 1 aliphatic carbocycles. The largest absolute Gasteiger partial charge is 0.497 e. The number of anilines is 1. The van der Waals surface area contributed by atoms with Crippen LogP contribution in [0.5, 0.6) is 5.75 Å². The first-order valence-corrected chi connectivity index (χ1v) is 14.0. The first-order valence-electron chi connectivity index (χ1n) is 14.0. The maximum Gasteiger partial charge on any atom is 0.435 e. The molecular formula is C30H37N5O5. The molecule has 2 aromatic heterocycles. The molecule has 212 valence electrons. The summed E-state index contributed by atoms with van der Waals surface area (Å²) in [5.41, 5.74) is 0.608. The van der Waals surface area contributed by atoms with Gasteiger partial charge in [0, 0.05) is 6.54 Å². The summed E-state index contributed by atoms with van der Waals surface area (Å²) in [5, 5.41) is 7.01. The van der Waals surface area contributed by atoms with E-state index >= 15 is 0 Å². The zero-order valence-electron chi connectivity index (χ0n) is 23.6. The first kappa shape index (κ1) is 27.6. The average molecular weight is 548 g/mol. The van der Waals surface area contributed by atoms with Crippen molar-refractivity contribution in [3.63, 3.8) is 0 Å². The predicted molar refractivity (Wildman–Crippen MR) is 150 cm³/mol. The fourth-order valence-corrected chi connectivity index (χ4v) is 5.89. The summed E-state index contributed by atoms with van der Waals surface area (Å²) in [6.07, 6.45) is 6.80. The van der Waals surface area contributed by atoms with Crippen LogP contribution in [0.3, 0.4) is 0 Å². The quantitative estimate of drug-likeness (QED) is 0.475. The Kier molecular flexibility index (Phi) is 7.53. The number of nitrogens with one attached hydrogen (secondary N) is 1. The molecule has 1 aromatic carbocycles. The van der Waals surface area contributed by atoms with Crippen LogP contribution in [0.2, 0.25) is 0 Å². The molecule has 0 bridgehead atoms. The van der Waals surface area contributed by atoms with E-state index in [1.54, 1.807) is 44.9 Å². The van der Waals surface area contributed by atoms with Crippen LogP contribution in [0.15, 0.2) is 42.6 Å². The minimum Gasteiger partial charge on any atom is -0.497 e. The Morgan fingerprint density at radius 2 is 1.73 bits per heavy atom. The number of rotatable bonds is 5. The Hall–Kier alpha value is -3.95. The van der Waals surface area contributed by atoms with Crippen molar-refractivity contribution in [1.29, 1.82) is 0 Å². The van der Waals surface area contributed by atoms with Crippen molar-refractivity contribution < 1.29 is 23.9 Å². The molecule has 10 heteroatoms. The van der Waals surface area contributed by atoms with Crippen molar-refractivity contribution in [3.05, 3.63) is 48.2 Å². The van der Waals surface area contributed by atoms with Crippen LogP contribution in [-0.4, -0.2) is 62.9 Å². The van der Waals surface area contributed by atoms with Gasteiger partial charge in [0.2, 0.25) is 11.8 Å². The van der Waals surface area contributed by atoms with E-state index in [1.807, 2.05) is 24.3 Å². The maximum atomic E-state index is 14.2. The third-order valence-corrected chi connectivity index (χ3v) is 7.82. The molecule has 0 unspecified atom stereocenters. The summed E-state index contributed by atoms with van der Waals surface area (Å²) in [6.45, 7) is 5.90. The van der Waals surface area contributed by atoms with Gasteiger partial charge >= 0.3 is 6.09 Å². The number of amides is 2. The fraction of sp³-hybridized carbons (Fsp3) is 0.500. The number of benzene rings is 1. The summed E-state index contributed by atoms with van der Waals surface area (Å²) < 4.78 is 11.9. The molecule has 2 amide bonds. The minimum absolute atomic E-state index is 0.0251. The molecule has 10 nitrogen and oxygen atoms in total. The molecule has 3 aromatic rings. The molecule has 3 heterocycles. The van der Waals surface area contributed by atoms with Crippen LogP contribution in [-0.2, 0) is 19.7 Å². The Bertz CT molecular complexity index is 1400. The van der Waals surface area contributed by atoms with Gasteiger partial charge in [0.25, 0.3) is 0 Å². The predicted octanol–water partition coefficient (Wildman–Crippen LogP) is 5.05. The van der Waals surface area contributed by atoms with E-state index in [9.17, 15) is 14.4 Å². The monoisotopic (exact) mass is 547 g/mol. The van der Waals surface area contributed by atoms with Gasteiger partial charge in [-0.1, -0.05) is 31.4 Å². The van der Waals surface area contributed by atoms with Gasteiger partial charge in [0.05, 0.1) is 24.2 Å². The van der Waals surface area contributed by atoms with Crippen LogP contribution in [0, 0.1) is 0 Å². The van der Waals surface area contributed by atoms with Crippen LogP contribution in [0.4, 0.5) is 10.6 Å². The highest BCUT2D eigenvalue weighted by molar-refractivity contribution is 5.99. The normalized spacial score (nSPS) is 18.9. The molecular weight excluding hydrogens is 510 g/mol. The topological polar surface area (TPSA) is 116 Å². The smallest absolute Gasteiger partial charge is 0.435 e. The molecule has 0 radical (unpaired) electrons. The summed E-state index contributed by atoms with van der Waals surface area (Å²) in [7, 11) is 1.63. The number of nitrogens with zero attached hydrogens (tertiary/aromatic N) is 4. The van der Waals surface area contributed by atoms with E-state index in [4.69, 9.17) is 9.47 Å². The van der Waals surface area contributed by atoms with Gasteiger partial charge in [-0.3, -0.25) is 9.59 Å². The number of hydrogen-bond donors (Lipinski definition) is 1. The lowest BCUT2D eigenvalue weighted by Crippen LogP contribution is -2.52. The molecule has 1 aliphatic heterocycles. The number of ether oxygens (including phenoxy) is 2. The summed E-state index contributed by atoms with van der Waals surface area (Å²) >= 11 is 0. The standard InChI is InChI=1S/C30H37N5O5/c1-29(2,3)40-28(38)35-23-14-15-25(32-22(23)19-31-35)33-26(36)24-9-8-18-34(24)27(37)30(16-6-5-7-17-30)20-10-12-21(39-4)13-11-20/h10-15,19,24H,5-9,16-18H2,1-4H3,(H,32,33,36)/t24-/m1/s1. The second-order valence-corrected chi connectivity index (χ2v) is 11.7. The maximum absolute atomic E-state index is 14.2. The second kappa shape index (κ2) is 10.9. The zero-order valence-corrected chi connectivity index (χ0v) is 23.6. The SMILES string of the molecule is COc1ccc(C2(C(=O)N3CCC[C@@H]3C(=O)Nc3ccc4c(cnn4C(=O)OC(C)(C)C)n3)CCCCC2)cc1. The number of fused-ring (bicyclic) bond motifs is 1. The highest BCUT2D eigenvalue weighted by atomic mass is 16.6. The van der Waals surface area contributed by atoms with E-state index in [0.29, 0.717) is 29.8 Å². The van der Waals surface area contributed by atoms with Crippen LogP contribution < -0.4 is 10.1 Å². The van der Waals surface area contributed by atoms with Gasteiger partial charge < -0.3 is 19.7 Å². The number of hydrogen-bond acceptors (Lipinski definition) is 7. The number of carbonyl (C=O) groups is 3. The molecule has 2 fully saturated rings. The summed E-state index contributed by atoms with van der Waals surface area (Å²) in [6, 6.07) is 10.5. The van der Waals surface area contributed by atoms with E-state index in [0.717, 1.165) is 54.5 Å². The molecule has 1 saturated heterocycles. The van der Waals surface area contributed by atoms with Gasteiger partial charge in [-0.05, 0) is 76.3 Å². The highest BCUT2D eigenvalue weighted by Crippen LogP contribution is 2.43. The molecule has 2 aliphatic rings. The molecule has 1 atom stereocenters. The van der Waals surface area contributed by atoms with E-state index in [-0.39, 0.29) is 11.8 Å². The number of pyridine rings is 1. The van der Waals surface area contributed by atoms with Crippen molar-refractivity contribution in [2.45, 2.75) is 82.8 Å². The number of carbonyl (C=O) groups excluding carboxylic acids is 3. The minimum atomic E-state index is -0.662. The second-order valence-electron chi connectivity index (χ2n) is 11.7. The van der Waals surface area contributed by atoms with E-state index in [2.05, 4.69) is 15.4 Å². The van der Waals surface area contributed by atoms with E-state index < -0.39 is 23.2 Å². The Morgan fingerprint density at radius 3 is 2.40 bits per heavy atom. The van der Waals surface area contributed by atoms with Gasteiger partial charge in [-0.2, -0.15) is 9.78 Å². The summed E-state index contributed by atoms with van der Waals surface area (Å²) in [4.78, 5) is 46.5. The first-order chi connectivity index (χ1) is 19.1. The number of methoxy groups -OCH3 is 1. The number of aromatic nitrogens is 3. The Labute approximate surface area is 234 Å².